The number of pyridine rings is 1. The third-order valence-corrected chi connectivity index (χ3v) is 2.66. The van der Waals surface area contributed by atoms with Crippen LogP contribution in [0.1, 0.15) is 5.56 Å². The monoisotopic (exact) mass is 280 g/mol. The van der Waals surface area contributed by atoms with E-state index >= 15 is 0 Å². The number of aryl methyl sites for hydroxylation is 1. The number of nitrogens with one attached hydrogen (secondary N) is 1. The van der Waals surface area contributed by atoms with Crippen molar-refractivity contribution in [2.75, 3.05) is 11.9 Å². The number of alkyl halides is 2. The van der Waals surface area contributed by atoms with Gasteiger partial charge in [0.1, 0.15) is 11.9 Å². The van der Waals surface area contributed by atoms with Gasteiger partial charge in [-0.25, -0.2) is 13.8 Å². The molecule has 0 bridgehead atoms. The molecule has 1 unspecified atom stereocenters. The van der Waals surface area contributed by atoms with Crippen molar-refractivity contribution in [2.24, 2.45) is 0 Å². The molecule has 0 aliphatic carbocycles. The minimum atomic E-state index is -2.74. The summed E-state index contributed by atoms with van der Waals surface area (Å²) in [5.74, 6) is 0.468. The van der Waals surface area contributed by atoms with Gasteiger partial charge in [-0.3, -0.25) is 0 Å². The van der Waals surface area contributed by atoms with Crippen molar-refractivity contribution in [3.63, 3.8) is 0 Å². The Morgan fingerprint density at radius 3 is 2.80 bits per heavy atom. The van der Waals surface area contributed by atoms with E-state index in [9.17, 15) is 8.78 Å². The van der Waals surface area contributed by atoms with Crippen LogP contribution in [-0.2, 0) is 0 Å². The lowest BCUT2D eigenvalue weighted by Crippen LogP contribution is -2.27. The molecule has 1 atom stereocenters. The molecule has 1 heterocycles. The highest BCUT2D eigenvalue weighted by molar-refractivity contribution is 9.10. The second kappa shape index (κ2) is 5.37. The third kappa shape index (κ3) is 3.71. The number of aliphatic hydroxyl groups is 1. The van der Waals surface area contributed by atoms with E-state index in [1.165, 1.54) is 0 Å². The number of rotatable bonds is 4. The molecular weight excluding hydrogens is 270 g/mol. The fourth-order valence-corrected chi connectivity index (χ4v) is 1.15. The average molecular weight is 281 g/mol. The summed E-state index contributed by atoms with van der Waals surface area (Å²) in [5.41, 5.74) is 0.944. The predicted molar refractivity (Wildman–Crippen MR) is 57.2 cm³/mol. The van der Waals surface area contributed by atoms with Crippen molar-refractivity contribution < 1.29 is 13.9 Å². The average Bonchev–Trinajstić information content (AvgIpc) is 2.19. The number of hydrogen-bond donors (Lipinski definition) is 2. The lowest BCUT2D eigenvalue weighted by atomic mass is 10.3. The number of hydrogen-bond acceptors (Lipinski definition) is 3. The summed E-state index contributed by atoms with van der Waals surface area (Å²) in [7, 11) is 0. The van der Waals surface area contributed by atoms with Crippen LogP contribution in [0.3, 0.4) is 0 Å². The molecule has 0 saturated heterocycles. The molecule has 0 aliphatic heterocycles. The van der Waals surface area contributed by atoms with E-state index in [2.05, 4.69) is 26.2 Å². The zero-order valence-corrected chi connectivity index (χ0v) is 9.63. The summed E-state index contributed by atoms with van der Waals surface area (Å²) in [4.78, 5) is 3.96. The van der Waals surface area contributed by atoms with Crippen molar-refractivity contribution >= 4 is 21.7 Å². The van der Waals surface area contributed by atoms with Gasteiger partial charge in [0, 0.05) is 17.2 Å². The van der Waals surface area contributed by atoms with Crippen LogP contribution in [0.4, 0.5) is 14.6 Å². The van der Waals surface area contributed by atoms with Crippen LogP contribution >= 0.6 is 15.9 Å². The van der Waals surface area contributed by atoms with Crippen LogP contribution in [-0.4, -0.2) is 29.2 Å². The van der Waals surface area contributed by atoms with Crippen LogP contribution in [0, 0.1) is 6.92 Å². The summed E-state index contributed by atoms with van der Waals surface area (Å²) >= 11 is 3.27. The number of anilines is 1. The first-order chi connectivity index (χ1) is 7.00. The Hall–Kier alpha value is -0.750. The Balaban J connectivity index is 2.55. The summed E-state index contributed by atoms with van der Waals surface area (Å²) in [6, 6.07) is 1.71. The molecule has 1 aromatic heterocycles. The molecule has 3 nitrogen and oxygen atoms in total. The lowest BCUT2D eigenvalue weighted by molar-refractivity contribution is 0.00381. The molecule has 0 aromatic carbocycles. The highest BCUT2D eigenvalue weighted by Gasteiger charge is 2.16. The Bertz CT molecular complexity index is 336. The molecule has 0 aliphatic rings. The molecule has 0 amide bonds. The van der Waals surface area contributed by atoms with Gasteiger partial charge in [-0.15, -0.1) is 0 Å². The standard InChI is InChI=1S/C9H11BrF2N2O/c1-5-2-8(13-3-6(5)10)14-4-7(15)9(11)12/h2-3,7,9,15H,4H2,1H3,(H,13,14). The third-order valence-electron chi connectivity index (χ3n) is 1.83. The van der Waals surface area contributed by atoms with Gasteiger partial charge in [-0.2, -0.15) is 0 Å². The smallest absolute Gasteiger partial charge is 0.265 e. The molecule has 1 rings (SSSR count). The maximum atomic E-state index is 12.0. The van der Waals surface area contributed by atoms with E-state index in [1.54, 1.807) is 12.3 Å². The molecule has 2 N–H and O–H groups in total. The lowest BCUT2D eigenvalue weighted by Gasteiger charge is -2.11. The maximum absolute atomic E-state index is 12.0. The van der Waals surface area contributed by atoms with Crippen molar-refractivity contribution in [1.29, 1.82) is 0 Å². The zero-order valence-electron chi connectivity index (χ0n) is 8.04. The van der Waals surface area contributed by atoms with E-state index < -0.39 is 12.5 Å². The Kier molecular flexibility index (Phi) is 4.41. The van der Waals surface area contributed by atoms with Crippen molar-refractivity contribution in [3.8, 4) is 0 Å². The minimum Gasteiger partial charge on any atom is -0.385 e. The molecule has 0 fully saturated rings. The SMILES string of the molecule is Cc1cc(NCC(O)C(F)F)ncc1Br. The van der Waals surface area contributed by atoms with Gasteiger partial charge in [0.05, 0.1) is 0 Å². The second-order valence-corrected chi connectivity index (χ2v) is 3.96. The van der Waals surface area contributed by atoms with E-state index in [-0.39, 0.29) is 6.54 Å². The summed E-state index contributed by atoms with van der Waals surface area (Å²) in [6.07, 6.45) is -2.84. The van der Waals surface area contributed by atoms with Crippen LogP contribution < -0.4 is 5.32 Å². The minimum absolute atomic E-state index is 0.217. The Morgan fingerprint density at radius 1 is 1.60 bits per heavy atom. The molecule has 15 heavy (non-hydrogen) atoms. The van der Waals surface area contributed by atoms with Crippen LogP contribution in [0.15, 0.2) is 16.7 Å². The maximum Gasteiger partial charge on any atom is 0.265 e. The molecule has 1 aromatic rings. The van der Waals surface area contributed by atoms with E-state index in [4.69, 9.17) is 5.11 Å². The van der Waals surface area contributed by atoms with Gasteiger partial charge in [-0.05, 0) is 34.5 Å². The van der Waals surface area contributed by atoms with Gasteiger partial charge in [0.2, 0.25) is 0 Å². The van der Waals surface area contributed by atoms with Gasteiger partial charge in [0.25, 0.3) is 6.43 Å². The molecule has 0 spiro atoms. The highest BCUT2D eigenvalue weighted by atomic mass is 79.9. The van der Waals surface area contributed by atoms with Crippen LogP contribution in [0.2, 0.25) is 0 Å². The summed E-state index contributed by atoms with van der Waals surface area (Å²) in [6.45, 7) is 1.65. The van der Waals surface area contributed by atoms with Gasteiger partial charge in [0.15, 0.2) is 0 Å². The van der Waals surface area contributed by atoms with Gasteiger partial charge in [-0.1, -0.05) is 0 Å². The predicted octanol–water partition coefficient (Wildman–Crippen LogP) is 2.19. The molecule has 84 valence electrons. The molecule has 0 radical (unpaired) electrons. The van der Waals surface area contributed by atoms with E-state index in [0.29, 0.717) is 5.82 Å². The fraction of sp³-hybridized carbons (Fsp3) is 0.444. The first-order valence-corrected chi connectivity index (χ1v) is 5.12. The summed E-state index contributed by atoms with van der Waals surface area (Å²) in [5, 5.41) is 11.5. The van der Waals surface area contributed by atoms with Crippen molar-refractivity contribution in [1.82, 2.24) is 4.98 Å². The zero-order chi connectivity index (χ0) is 11.4. The van der Waals surface area contributed by atoms with Crippen molar-refractivity contribution in [3.05, 3.63) is 22.3 Å². The van der Waals surface area contributed by atoms with Crippen LogP contribution in [0.5, 0.6) is 0 Å². The Labute approximate surface area is 94.7 Å². The highest BCUT2D eigenvalue weighted by Crippen LogP contribution is 2.17. The second-order valence-electron chi connectivity index (χ2n) is 3.10. The topological polar surface area (TPSA) is 45.1 Å². The molecular formula is C9H11BrF2N2O. The quantitative estimate of drug-likeness (QED) is 0.889. The van der Waals surface area contributed by atoms with Crippen LogP contribution in [0.25, 0.3) is 0 Å². The summed E-state index contributed by atoms with van der Waals surface area (Å²) < 4.78 is 24.8. The normalized spacial score (nSPS) is 12.9. The Morgan fingerprint density at radius 2 is 2.27 bits per heavy atom. The number of aliphatic hydroxyl groups excluding tert-OH is 1. The largest absolute Gasteiger partial charge is 0.385 e. The number of nitrogens with zero attached hydrogens (tertiary/aromatic N) is 1. The fourth-order valence-electron chi connectivity index (χ4n) is 0.934. The van der Waals surface area contributed by atoms with E-state index in [1.807, 2.05) is 6.92 Å². The van der Waals surface area contributed by atoms with Crippen molar-refractivity contribution in [2.45, 2.75) is 19.5 Å². The van der Waals surface area contributed by atoms with E-state index in [0.717, 1.165) is 10.0 Å². The molecule has 6 heteroatoms. The first kappa shape index (κ1) is 12.3. The first-order valence-electron chi connectivity index (χ1n) is 4.33. The van der Waals surface area contributed by atoms with Gasteiger partial charge >= 0.3 is 0 Å². The number of aromatic nitrogens is 1. The number of halogens is 3. The molecule has 0 saturated carbocycles. The van der Waals surface area contributed by atoms with Gasteiger partial charge < -0.3 is 10.4 Å².